The third-order valence-electron chi connectivity index (χ3n) is 3.72. The summed E-state index contributed by atoms with van der Waals surface area (Å²) in [6.07, 6.45) is 4.95. The zero-order chi connectivity index (χ0) is 11.0. The fraction of sp³-hybridized carbons (Fsp3) is 0.500. The highest BCUT2D eigenvalue weighted by atomic mass is 16.6. The van der Waals surface area contributed by atoms with Gasteiger partial charge < -0.3 is 4.74 Å². The van der Waals surface area contributed by atoms with Crippen LogP contribution in [-0.2, 0) is 9.53 Å². The maximum absolute atomic E-state index is 12.1. The van der Waals surface area contributed by atoms with Gasteiger partial charge in [-0.25, -0.2) is 0 Å². The Labute approximate surface area is 95.6 Å². The van der Waals surface area contributed by atoms with Gasteiger partial charge in [-0.2, -0.15) is 0 Å². The summed E-state index contributed by atoms with van der Waals surface area (Å²) in [6, 6.07) is 10.1. The number of carbonyl (C=O) groups excluding carboxylic acids is 1. The van der Waals surface area contributed by atoms with Crippen LogP contribution in [0.3, 0.4) is 0 Å². The zero-order valence-corrected chi connectivity index (χ0v) is 9.32. The maximum Gasteiger partial charge on any atom is 0.167 e. The van der Waals surface area contributed by atoms with Crippen molar-refractivity contribution in [3.05, 3.63) is 35.9 Å². The van der Waals surface area contributed by atoms with E-state index in [9.17, 15) is 4.79 Å². The number of benzene rings is 1. The van der Waals surface area contributed by atoms with Crippen molar-refractivity contribution in [2.24, 2.45) is 0 Å². The Morgan fingerprint density at radius 1 is 1.12 bits per heavy atom. The van der Waals surface area contributed by atoms with Gasteiger partial charge >= 0.3 is 0 Å². The van der Waals surface area contributed by atoms with Gasteiger partial charge in [-0.15, -0.1) is 0 Å². The van der Waals surface area contributed by atoms with Gasteiger partial charge in [0.1, 0.15) is 6.10 Å². The number of epoxide rings is 1. The van der Waals surface area contributed by atoms with E-state index in [1.54, 1.807) is 0 Å². The molecule has 0 N–H and O–H groups in total. The molecule has 2 atom stereocenters. The lowest BCUT2D eigenvalue weighted by Crippen LogP contribution is -2.23. The molecule has 1 spiro atoms. The van der Waals surface area contributed by atoms with E-state index in [1.807, 2.05) is 18.2 Å². The van der Waals surface area contributed by atoms with Crippen molar-refractivity contribution in [2.45, 2.75) is 43.8 Å². The first-order valence-electron chi connectivity index (χ1n) is 6.09. The molecule has 1 aliphatic heterocycles. The number of hydrogen-bond donors (Lipinski definition) is 0. The Bertz CT molecular complexity index is 398. The van der Waals surface area contributed by atoms with E-state index in [1.165, 1.54) is 6.42 Å². The van der Waals surface area contributed by atoms with Crippen LogP contribution in [0.5, 0.6) is 0 Å². The highest BCUT2D eigenvalue weighted by molar-refractivity contribution is 5.91. The highest BCUT2D eigenvalue weighted by Crippen LogP contribution is 2.54. The minimum absolute atomic E-state index is 0.0271. The van der Waals surface area contributed by atoms with Gasteiger partial charge in [0, 0.05) is 6.42 Å². The highest BCUT2D eigenvalue weighted by Gasteiger charge is 2.61. The molecule has 84 valence electrons. The van der Waals surface area contributed by atoms with E-state index in [-0.39, 0.29) is 6.10 Å². The molecule has 3 rings (SSSR count). The smallest absolute Gasteiger partial charge is 0.167 e. The normalized spacial score (nSPS) is 33.8. The molecule has 0 aromatic heterocycles. The molecule has 1 aliphatic carbocycles. The number of carbonyl (C=O) groups is 1. The standard InChI is InChI=1S/C14H16O2/c15-12-9-5-2-6-10-14(12)13(16-14)11-7-3-1-4-8-11/h1,3-4,7-8,13H,2,5-6,9-10H2. The van der Waals surface area contributed by atoms with E-state index >= 15 is 0 Å². The Balaban J connectivity index is 1.85. The van der Waals surface area contributed by atoms with E-state index in [0.717, 1.165) is 24.8 Å². The van der Waals surface area contributed by atoms with Crippen molar-refractivity contribution >= 4 is 5.78 Å². The minimum atomic E-state index is -0.447. The topological polar surface area (TPSA) is 29.6 Å². The minimum Gasteiger partial charge on any atom is -0.353 e. The van der Waals surface area contributed by atoms with Crippen molar-refractivity contribution in [3.63, 3.8) is 0 Å². The Morgan fingerprint density at radius 2 is 1.94 bits per heavy atom. The fourth-order valence-electron chi connectivity index (χ4n) is 2.74. The van der Waals surface area contributed by atoms with Crippen LogP contribution in [0.1, 0.15) is 43.8 Å². The van der Waals surface area contributed by atoms with Crippen molar-refractivity contribution < 1.29 is 9.53 Å². The maximum atomic E-state index is 12.1. The Hall–Kier alpha value is -1.15. The summed E-state index contributed by atoms with van der Waals surface area (Å²) in [5.74, 6) is 0.318. The molecule has 2 nitrogen and oxygen atoms in total. The first kappa shape index (κ1) is 10.0. The summed E-state index contributed by atoms with van der Waals surface area (Å²) in [7, 11) is 0. The average molecular weight is 216 g/mol. The lowest BCUT2D eigenvalue weighted by Gasteiger charge is -2.07. The van der Waals surface area contributed by atoms with Crippen molar-refractivity contribution in [3.8, 4) is 0 Å². The molecular formula is C14H16O2. The van der Waals surface area contributed by atoms with Crippen molar-refractivity contribution in [1.82, 2.24) is 0 Å². The second-order valence-electron chi connectivity index (χ2n) is 4.78. The number of hydrogen-bond acceptors (Lipinski definition) is 2. The summed E-state index contributed by atoms with van der Waals surface area (Å²) >= 11 is 0. The van der Waals surface area contributed by atoms with Crippen molar-refractivity contribution in [2.75, 3.05) is 0 Å². The number of ether oxygens (including phenoxy) is 1. The van der Waals surface area contributed by atoms with E-state index in [4.69, 9.17) is 4.74 Å². The van der Waals surface area contributed by atoms with Crippen LogP contribution in [0, 0.1) is 0 Å². The predicted octanol–water partition coefficient (Wildman–Crippen LogP) is 3.03. The summed E-state index contributed by atoms with van der Waals surface area (Å²) < 4.78 is 5.77. The van der Waals surface area contributed by atoms with Gasteiger partial charge in [-0.1, -0.05) is 36.8 Å². The largest absolute Gasteiger partial charge is 0.353 e. The van der Waals surface area contributed by atoms with Gasteiger partial charge in [0.15, 0.2) is 11.4 Å². The summed E-state index contributed by atoms with van der Waals surface area (Å²) in [5.41, 5.74) is 0.704. The zero-order valence-electron chi connectivity index (χ0n) is 9.32. The van der Waals surface area contributed by atoms with Crippen LogP contribution in [-0.4, -0.2) is 11.4 Å². The summed E-state index contributed by atoms with van der Waals surface area (Å²) in [4.78, 5) is 12.1. The van der Waals surface area contributed by atoms with Gasteiger partial charge in [-0.05, 0) is 24.8 Å². The second-order valence-corrected chi connectivity index (χ2v) is 4.78. The van der Waals surface area contributed by atoms with Crippen LogP contribution in [0.4, 0.5) is 0 Å². The van der Waals surface area contributed by atoms with Gasteiger partial charge in [0.2, 0.25) is 0 Å². The molecule has 2 aliphatic rings. The molecule has 2 unspecified atom stereocenters. The number of Topliss-reactive ketones (excluding diaryl/α,β-unsaturated/α-hetero) is 1. The van der Waals surface area contributed by atoms with Gasteiger partial charge in [0.25, 0.3) is 0 Å². The molecule has 2 fully saturated rings. The lowest BCUT2D eigenvalue weighted by molar-refractivity contribution is -0.124. The number of ketones is 1. The monoisotopic (exact) mass is 216 g/mol. The Morgan fingerprint density at radius 3 is 2.75 bits per heavy atom. The molecule has 1 aromatic rings. The molecular weight excluding hydrogens is 200 g/mol. The third-order valence-corrected chi connectivity index (χ3v) is 3.72. The quantitative estimate of drug-likeness (QED) is 0.675. The molecule has 16 heavy (non-hydrogen) atoms. The van der Waals surface area contributed by atoms with Crippen LogP contribution in [0.2, 0.25) is 0 Å². The first-order chi connectivity index (χ1) is 7.83. The predicted molar refractivity (Wildman–Crippen MR) is 61.1 cm³/mol. The first-order valence-corrected chi connectivity index (χ1v) is 6.09. The van der Waals surface area contributed by atoms with E-state index < -0.39 is 5.60 Å². The molecule has 1 saturated carbocycles. The van der Waals surface area contributed by atoms with Crippen LogP contribution < -0.4 is 0 Å². The average Bonchev–Trinajstić information content (AvgIpc) is 3.08. The Kier molecular flexibility index (Phi) is 2.32. The molecule has 1 aromatic carbocycles. The molecule has 0 bridgehead atoms. The summed E-state index contributed by atoms with van der Waals surface area (Å²) in [6.45, 7) is 0. The summed E-state index contributed by atoms with van der Waals surface area (Å²) in [5, 5.41) is 0. The third kappa shape index (κ3) is 1.49. The SMILES string of the molecule is O=C1CCCCCC12OC2c1ccccc1. The number of rotatable bonds is 1. The van der Waals surface area contributed by atoms with E-state index in [2.05, 4.69) is 12.1 Å². The molecule has 1 saturated heterocycles. The lowest BCUT2D eigenvalue weighted by atomic mass is 9.91. The van der Waals surface area contributed by atoms with Gasteiger partial charge in [-0.3, -0.25) is 4.79 Å². The van der Waals surface area contributed by atoms with Crippen LogP contribution in [0.25, 0.3) is 0 Å². The molecule has 1 heterocycles. The molecule has 0 radical (unpaired) electrons. The van der Waals surface area contributed by atoms with Crippen LogP contribution in [0.15, 0.2) is 30.3 Å². The molecule has 0 amide bonds. The van der Waals surface area contributed by atoms with Crippen molar-refractivity contribution in [1.29, 1.82) is 0 Å². The van der Waals surface area contributed by atoms with E-state index in [0.29, 0.717) is 12.2 Å². The second kappa shape index (κ2) is 3.70. The molecule has 2 heteroatoms. The fourth-order valence-corrected chi connectivity index (χ4v) is 2.74. The van der Waals surface area contributed by atoms with Crippen LogP contribution >= 0.6 is 0 Å². The van der Waals surface area contributed by atoms with Gasteiger partial charge in [0.05, 0.1) is 0 Å².